The van der Waals surface area contributed by atoms with Gasteiger partial charge in [-0.05, 0) is 62.4 Å². The molecule has 1 aromatic carbocycles. The van der Waals surface area contributed by atoms with Crippen LogP contribution in [0.2, 0.25) is 0 Å². The third-order valence-corrected chi connectivity index (χ3v) is 7.02. The molecule has 0 saturated carbocycles. The normalized spacial score (nSPS) is 19.8. The minimum absolute atomic E-state index is 0.0392. The summed E-state index contributed by atoms with van der Waals surface area (Å²) in [4.78, 5) is 11.7. The zero-order chi connectivity index (χ0) is 17.5. The van der Waals surface area contributed by atoms with Gasteiger partial charge in [0.2, 0.25) is 15.9 Å². The second-order valence-electron chi connectivity index (χ2n) is 6.08. The maximum atomic E-state index is 13.1. The average Bonchev–Trinajstić information content (AvgIpc) is 2.51. The van der Waals surface area contributed by atoms with Gasteiger partial charge in [0.1, 0.15) is 6.10 Å². The van der Waals surface area contributed by atoms with Crippen LogP contribution in [0.15, 0.2) is 4.90 Å². The number of sulfonamides is 1. The highest BCUT2D eigenvalue weighted by Crippen LogP contribution is 2.32. The Morgan fingerprint density at radius 2 is 1.52 bits per heavy atom. The largest absolute Gasteiger partial charge is 0.367 e. The number of hydrogen-bond donors (Lipinski definition) is 1. The van der Waals surface area contributed by atoms with E-state index in [-0.39, 0.29) is 19.7 Å². The van der Waals surface area contributed by atoms with E-state index in [2.05, 4.69) is 0 Å². The molecule has 1 fully saturated rings. The SMILES string of the molecule is Cc1c(C)c(C)c(S(=O)(=O)N2CCO[C@H](C(N)=O)C2)c(C)c1C. The molecule has 0 spiro atoms. The van der Waals surface area contributed by atoms with Gasteiger partial charge in [0.05, 0.1) is 11.5 Å². The van der Waals surface area contributed by atoms with Crippen LogP contribution in [0, 0.1) is 34.6 Å². The Morgan fingerprint density at radius 3 is 2.00 bits per heavy atom. The first-order chi connectivity index (χ1) is 10.6. The van der Waals surface area contributed by atoms with E-state index in [0.717, 1.165) is 27.8 Å². The van der Waals surface area contributed by atoms with Crippen LogP contribution in [0.1, 0.15) is 27.8 Å². The third kappa shape index (κ3) is 3.00. The summed E-state index contributed by atoms with van der Waals surface area (Å²) in [6.45, 7) is 9.86. The number of carbonyl (C=O) groups is 1. The van der Waals surface area contributed by atoms with Crippen molar-refractivity contribution < 1.29 is 17.9 Å². The van der Waals surface area contributed by atoms with E-state index in [4.69, 9.17) is 10.5 Å². The molecule has 0 unspecified atom stereocenters. The van der Waals surface area contributed by atoms with Crippen molar-refractivity contribution in [1.29, 1.82) is 0 Å². The summed E-state index contributed by atoms with van der Waals surface area (Å²) in [5.74, 6) is -0.644. The summed E-state index contributed by atoms with van der Waals surface area (Å²) >= 11 is 0. The second kappa shape index (κ2) is 6.22. The van der Waals surface area contributed by atoms with Crippen LogP contribution < -0.4 is 5.73 Å². The minimum atomic E-state index is -3.71. The molecule has 1 heterocycles. The number of morpholine rings is 1. The molecule has 1 aromatic rings. The summed E-state index contributed by atoms with van der Waals surface area (Å²) in [7, 11) is -3.71. The van der Waals surface area contributed by atoms with Crippen molar-refractivity contribution in [2.45, 2.75) is 45.6 Å². The number of amides is 1. The summed E-state index contributed by atoms with van der Waals surface area (Å²) in [6.07, 6.45) is -0.897. The average molecular weight is 340 g/mol. The Morgan fingerprint density at radius 1 is 1.04 bits per heavy atom. The van der Waals surface area contributed by atoms with E-state index in [0.29, 0.717) is 4.90 Å². The number of nitrogens with zero attached hydrogens (tertiary/aromatic N) is 1. The van der Waals surface area contributed by atoms with Gasteiger partial charge < -0.3 is 10.5 Å². The standard InChI is InChI=1S/C16H24N2O4S/c1-9-10(2)12(4)15(13(5)11(9)3)23(20,21)18-6-7-22-14(8-18)16(17)19/h14H,6-8H2,1-5H3,(H2,17,19)/t14-/m0/s1. The lowest BCUT2D eigenvalue weighted by molar-refractivity contribution is -0.132. The molecular formula is C16H24N2O4S. The van der Waals surface area contributed by atoms with Gasteiger partial charge in [-0.1, -0.05) is 0 Å². The zero-order valence-electron chi connectivity index (χ0n) is 14.3. The molecule has 0 bridgehead atoms. The zero-order valence-corrected chi connectivity index (χ0v) is 15.1. The number of rotatable bonds is 3. The molecule has 1 atom stereocenters. The Bertz CT molecular complexity index is 727. The number of carbonyl (C=O) groups excluding carboxylic acids is 1. The van der Waals surface area contributed by atoms with Crippen LogP contribution in [-0.2, 0) is 19.6 Å². The molecule has 1 aliphatic heterocycles. The quantitative estimate of drug-likeness (QED) is 0.892. The van der Waals surface area contributed by atoms with Gasteiger partial charge in [-0.2, -0.15) is 4.31 Å². The first-order valence-corrected chi connectivity index (χ1v) is 9.01. The van der Waals surface area contributed by atoms with E-state index >= 15 is 0 Å². The molecule has 128 valence electrons. The van der Waals surface area contributed by atoms with Gasteiger partial charge in [0.25, 0.3) is 0 Å². The molecule has 2 rings (SSSR count). The van der Waals surface area contributed by atoms with Crippen LogP contribution in [0.5, 0.6) is 0 Å². The Kier molecular flexibility index (Phi) is 4.84. The Labute approximate surface area is 137 Å². The van der Waals surface area contributed by atoms with Crippen LogP contribution >= 0.6 is 0 Å². The molecular weight excluding hydrogens is 316 g/mol. The minimum Gasteiger partial charge on any atom is -0.367 e. The van der Waals surface area contributed by atoms with Crippen LogP contribution in [0.4, 0.5) is 0 Å². The maximum Gasteiger partial charge on any atom is 0.247 e. The Balaban J connectivity index is 2.55. The lowest BCUT2D eigenvalue weighted by Gasteiger charge is -2.32. The van der Waals surface area contributed by atoms with Gasteiger partial charge in [0, 0.05) is 13.1 Å². The van der Waals surface area contributed by atoms with Crippen LogP contribution in [0.3, 0.4) is 0 Å². The van der Waals surface area contributed by atoms with Crippen molar-refractivity contribution in [1.82, 2.24) is 4.31 Å². The van der Waals surface area contributed by atoms with Gasteiger partial charge >= 0.3 is 0 Å². The van der Waals surface area contributed by atoms with Crippen LogP contribution in [-0.4, -0.2) is 44.4 Å². The van der Waals surface area contributed by atoms with Crippen molar-refractivity contribution in [3.8, 4) is 0 Å². The fourth-order valence-electron chi connectivity index (χ4n) is 3.00. The molecule has 7 heteroatoms. The predicted molar refractivity (Wildman–Crippen MR) is 87.8 cm³/mol. The van der Waals surface area contributed by atoms with Gasteiger partial charge in [-0.3, -0.25) is 4.79 Å². The third-order valence-electron chi connectivity index (χ3n) is 4.88. The molecule has 6 nitrogen and oxygen atoms in total. The number of benzene rings is 1. The van der Waals surface area contributed by atoms with Gasteiger partial charge in [-0.25, -0.2) is 8.42 Å². The summed E-state index contributed by atoms with van der Waals surface area (Å²) in [6, 6.07) is 0. The highest BCUT2D eigenvalue weighted by molar-refractivity contribution is 7.89. The molecule has 0 aliphatic carbocycles. The lowest BCUT2D eigenvalue weighted by atomic mass is 9.95. The molecule has 1 aliphatic rings. The second-order valence-corrected chi connectivity index (χ2v) is 7.95. The monoisotopic (exact) mass is 340 g/mol. The first-order valence-electron chi connectivity index (χ1n) is 7.57. The highest BCUT2D eigenvalue weighted by atomic mass is 32.2. The summed E-state index contributed by atoms with van der Waals surface area (Å²) < 4.78 is 32.8. The van der Waals surface area contributed by atoms with Crippen LogP contribution in [0.25, 0.3) is 0 Å². The predicted octanol–water partition coefficient (Wildman–Crippen LogP) is 1.10. The highest BCUT2D eigenvalue weighted by Gasteiger charge is 2.35. The topological polar surface area (TPSA) is 89.7 Å². The summed E-state index contributed by atoms with van der Waals surface area (Å²) in [5, 5.41) is 0. The Hall–Kier alpha value is -1.44. The van der Waals surface area contributed by atoms with E-state index < -0.39 is 22.0 Å². The van der Waals surface area contributed by atoms with Gasteiger partial charge in [0.15, 0.2) is 0 Å². The summed E-state index contributed by atoms with van der Waals surface area (Å²) in [5.41, 5.74) is 9.83. The lowest BCUT2D eigenvalue weighted by Crippen LogP contribution is -2.50. The van der Waals surface area contributed by atoms with Gasteiger partial charge in [-0.15, -0.1) is 0 Å². The molecule has 1 amide bonds. The number of hydrogen-bond acceptors (Lipinski definition) is 4. The van der Waals surface area contributed by atoms with E-state index in [1.54, 1.807) is 0 Å². The molecule has 1 saturated heterocycles. The number of primary amides is 1. The number of ether oxygens (including phenoxy) is 1. The molecule has 0 aromatic heterocycles. The fraction of sp³-hybridized carbons (Fsp3) is 0.562. The molecule has 2 N–H and O–H groups in total. The maximum absolute atomic E-state index is 13.1. The molecule has 0 radical (unpaired) electrons. The van der Waals surface area contributed by atoms with Crippen molar-refractivity contribution in [3.63, 3.8) is 0 Å². The number of nitrogens with two attached hydrogens (primary N) is 1. The van der Waals surface area contributed by atoms with Crippen molar-refractivity contribution in [2.75, 3.05) is 19.7 Å². The van der Waals surface area contributed by atoms with E-state index in [1.807, 2.05) is 34.6 Å². The molecule has 23 heavy (non-hydrogen) atoms. The van der Waals surface area contributed by atoms with Crippen molar-refractivity contribution >= 4 is 15.9 Å². The smallest absolute Gasteiger partial charge is 0.247 e. The van der Waals surface area contributed by atoms with E-state index in [1.165, 1.54) is 4.31 Å². The first kappa shape index (κ1) is 17.9. The van der Waals surface area contributed by atoms with Crippen molar-refractivity contribution in [3.05, 3.63) is 27.8 Å². The van der Waals surface area contributed by atoms with Crippen molar-refractivity contribution in [2.24, 2.45) is 5.73 Å². The fourth-order valence-corrected chi connectivity index (χ4v) is 4.98. The van der Waals surface area contributed by atoms with E-state index in [9.17, 15) is 13.2 Å².